The van der Waals surface area contributed by atoms with E-state index in [-0.39, 0.29) is 5.41 Å². The highest BCUT2D eigenvalue weighted by atomic mass is 19.2. The van der Waals surface area contributed by atoms with Gasteiger partial charge in [0.15, 0.2) is 11.6 Å². The molecule has 1 nitrogen and oxygen atoms in total. The minimum Gasteiger partial charge on any atom is -0.319 e. The zero-order valence-electron chi connectivity index (χ0n) is 10.9. The van der Waals surface area contributed by atoms with Gasteiger partial charge in [0.1, 0.15) is 0 Å². The minimum atomic E-state index is -0.733. The largest absolute Gasteiger partial charge is 0.319 e. The fourth-order valence-corrected chi connectivity index (χ4v) is 3.18. The molecule has 0 heterocycles. The van der Waals surface area contributed by atoms with Gasteiger partial charge in [0.25, 0.3) is 0 Å². The van der Waals surface area contributed by atoms with Crippen molar-refractivity contribution in [2.75, 3.05) is 13.6 Å². The van der Waals surface area contributed by atoms with E-state index in [2.05, 4.69) is 5.32 Å². The van der Waals surface area contributed by atoms with Crippen LogP contribution in [0.25, 0.3) is 0 Å². The Morgan fingerprint density at radius 1 is 1.17 bits per heavy atom. The molecule has 1 saturated carbocycles. The molecule has 1 aromatic rings. The van der Waals surface area contributed by atoms with Crippen molar-refractivity contribution in [2.24, 2.45) is 5.41 Å². The van der Waals surface area contributed by atoms with Crippen LogP contribution in [0.2, 0.25) is 0 Å². The van der Waals surface area contributed by atoms with Crippen LogP contribution in [0.4, 0.5) is 8.78 Å². The molecule has 0 bridgehead atoms. The van der Waals surface area contributed by atoms with Crippen molar-refractivity contribution in [3.05, 3.63) is 35.4 Å². The zero-order chi connectivity index (χ0) is 13.0. The summed E-state index contributed by atoms with van der Waals surface area (Å²) in [6.07, 6.45) is 6.49. The molecule has 0 unspecified atom stereocenters. The maximum absolute atomic E-state index is 13.8. The van der Waals surface area contributed by atoms with Gasteiger partial charge in [-0.1, -0.05) is 31.4 Å². The Balaban J connectivity index is 2.20. The van der Waals surface area contributed by atoms with Crippen LogP contribution >= 0.6 is 0 Å². The van der Waals surface area contributed by atoms with Crippen molar-refractivity contribution in [3.8, 4) is 0 Å². The van der Waals surface area contributed by atoms with Crippen LogP contribution in [0, 0.1) is 17.0 Å². The molecule has 100 valence electrons. The minimum absolute atomic E-state index is 0.0988. The number of rotatable bonds is 4. The molecule has 0 saturated heterocycles. The van der Waals surface area contributed by atoms with Crippen molar-refractivity contribution >= 4 is 0 Å². The van der Waals surface area contributed by atoms with E-state index in [4.69, 9.17) is 0 Å². The van der Waals surface area contributed by atoms with Gasteiger partial charge in [-0.25, -0.2) is 8.78 Å². The van der Waals surface area contributed by atoms with Gasteiger partial charge >= 0.3 is 0 Å². The molecule has 0 spiro atoms. The summed E-state index contributed by atoms with van der Waals surface area (Å²) in [5, 5.41) is 3.22. The van der Waals surface area contributed by atoms with Crippen molar-refractivity contribution in [2.45, 2.75) is 38.5 Å². The molecule has 0 aromatic heterocycles. The first-order valence-corrected chi connectivity index (χ1v) is 6.74. The number of nitrogens with one attached hydrogen (secondary N) is 1. The summed E-state index contributed by atoms with van der Waals surface area (Å²) in [6, 6.07) is 4.50. The summed E-state index contributed by atoms with van der Waals surface area (Å²) in [5.41, 5.74) is 0.619. The van der Waals surface area contributed by atoms with E-state index < -0.39 is 11.6 Å². The molecule has 1 aliphatic rings. The molecule has 0 atom stereocenters. The third-order valence-corrected chi connectivity index (χ3v) is 4.06. The molecule has 0 radical (unpaired) electrons. The predicted molar refractivity (Wildman–Crippen MR) is 69.5 cm³/mol. The lowest BCUT2D eigenvalue weighted by Gasteiger charge is -2.37. The second-order valence-corrected chi connectivity index (χ2v) is 5.48. The Labute approximate surface area is 108 Å². The maximum atomic E-state index is 13.8. The third-order valence-electron chi connectivity index (χ3n) is 4.06. The second-order valence-electron chi connectivity index (χ2n) is 5.48. The molecule has 1 N–H and O–H groups in total. The van der Waals surface area contributed by atoms with Crippen LogP contribution in [0.15, 0.2) is 18.2 Å². The van der Waals surface area contributed by atoms with Crippen LogP contribution in [0.3, 0.4) is 0 Å². The molecule has 0 amide bonds. The molecular formula is C15H21F2N. The van der Waals surface area contributed by atoms with Gasteiger partial charge in [-0.2, -0.15) is 0 Å². The van der Waals surface area contributed by atoms with Gasteiger partial charge in [-0.05, 0) is 43.4 Å². The van der Waals surface area contributed by atoms with Crippen LogP contribution < -0.4 is 5.32 Å². The number of hydrogen-bond acceptors (Lipinski definition) is 1. The lowest BCUT2D eigenvalue weighted by atomic mass is 9.70. The summed E-state index contributed by atoms with van der Waals surface area (Å²) < 4.78 is 27.0. The second kappa shape index (κ2) is 5.79. The summed E-state index contributed by atoms with van der Waals surface area (Å²) in [5.74, 6) is -1.40. The van der Waals surface area contributed by atoms with Crippen LogP contribution in [-0.4, -0.2) is 13.6 Å². The van der Waals surface area contributed by atoms with Gasteiger partial charge in [-0.3, -0.25) is 0 Å². The van der Waals surface area contributed by atoms with E-state index in [0.717, 1.165) is 19.4 Å². The third kappa shape index (κ3) is 2.89. The van der Waals surface area contributed by atoms with Crippen LogP contribution in [0.1, 0.15) is 37.7 Å². The van der Waals surface area contributed by atoms with E-state index in [1.807, 2.05) is 7.05 Å². The smallest absolute Gasteiger partial charge is 0.162 e. The first kappa shape index (κ1) is 13.5. The first-order chi connectivity index (χ1) is 8.67. The highest BCUT2D eigenvalue weighted by Crippen LogP contribution is 2.39. The molecule has 1 aromatic carbocycles. The van der Waals surface area contributed by atoms with E-state index in [9.17, 15) is 8.78 Å². The Kier molecular flexibility index (Phi) is 4.33. The Morgan fingerprint density at radius 3 is 2.56 bits per heavy atom. The van der Waals surface area contributed by atoms with Crippen molar-refractivity contribution in [1.29, 1.82) is 0 Å². The average molecular weight is 253 g/mol. The molecule has 18 heavy (non-hydrogen) atoms. The van der Waals surface area contributed by atoms with Gasteiger partial charge in [-0.15, -0.1) is 0 Å². The Morgan fingerprint density at radius 2 is 1.89 bits per heavy atom. The summed E-state index contributed by atoms with van der Waals surface area (Å²) in [7, 11) is 1.93. The van der Waals surface area contributed by atoms with Gasteiger partial charge in [0.05, 0.1) is 0 Å². The monoisotopic (exact) mass is 253 g/mol. The molecule has 1 aliphatic carbocycles. The topological polar surface area (TPSA) is 12.0 Å². The van der Waals surface area contributed by atoms with Crippen molar-refractivity contribution in [1.82, 2.24) is 5.32 Å². The quantitative estimate of drug-likeness (QED) is 0.863. The molecule has 3 heteroatoms. The average Bonchev–Trinajstić information content (AvgIpc) is 2.36. The normalized spacial score (nSPS) is 18.8. The maximum Gasteiger partial charge on any atom is 0.162 e. The zero-order valence-corrected chi connectivity index (χ0v) is 10.9. The Hall–Kier alpha value is -0.960. The van der Waals surface area contributed by atoms with Crippen molar-refractivity contribution < 1.29 is 8.78 Å². The lowest BCUT2D eigenvalue weighted by molar-refractivity contribution is 0.182. The molecular weight excluding hydrogens is 232 g/mol. The first-order valence-electron chi connectivity index (χ1n) is 6.74. The van der Waals surface area contributed by atoms with Gasteiger partial charge in [0, 0.05) is 6.54 Å². The van der Waals surface area contributed by atoms with E-state index in [1.165, 1.54) is 25.3 Å². The van der Waals surface area contributed by atoms with Gasteiger partial charge in [0.2, 0.25) is 0 Å². The summed E-state index contributed by atoms with van der Waals surface area (Å²) >= 11 is 0. The van der Waals surface area contributed by atoms with Crippen LogP contribution in [-0.2, 0) is 6.42 Å². The molecule has 1 fully saturated rings. The SMILES string of the molecule is CNCC1(Cc2cccc(F)c2F)CCCCC1. The molecule has 0 aliphatic heterocycles. The Bertz CT molecular complexity index is 392. The summed E-state index contributed by atoms with van der Waals surface area (Å²) in [6.45, 7) is 0.878. The lowest BCUT2D eigenvalue weighted by Crippen LogP contribution is -2.36. The predicted octanol–water partition coefficient (Wildman–Crippen LogP) is 3.68. The fourth-order valence-electron chi connectivity index (χ4n) is 3.18. The number of halogens is 2. The standard InChI is InChI=1S/C15H21F2N/c1-18-11-15(8-3-2-4-9-15)10-12-6-5-7-13(16)14(12)17/h5-7,18H,2-4,8-11H2,1H3. The summed E-state index contributed by atoms with van der Waals surface area (Å²) in [4.78, 5) is 0. The highest BCUT2D eigenvalue weighted by Gasteiger charge is 2.32. The van der Waals surface area contributed by atoms with E-state index in [1.54, 1.807) is 12.1 Å². The molecule has 2 rings (SSSR count). The fraction of sp³-hybridized carbons (Fsp3) is 0.600. The van der Waals surface area contributed by atoms with E-state index >= 15 is 0 Å². The van der Waals surface area contributed by atoms with Gasteiger partial charge < -0.3 is 5.32 Å². The van der Waals surface area contributed by atoms with Crippen molar-refractivity contribution in [3.63, 3.8) is 0 Å². The highest BCUT2D eigenvalue weighted by molar-refractivity contribution is 5.21. The van der Waals surface area contributed by atoms with Crippen LogP contribution in [0.5, 0.6) is 0 Å². The number of benzene rings is 1. The number of hydrogen-bond donors (Lipinski definition) is 1. The van der Waals surface area contributed by atoms with E-state index in [0.29, 0.717) is 12.0 Å².